The van der Waals surface area contributed by atoms with Gasteiger partial charge in [-0.25, -0.2) is 8.42 Å². The summed E-state index contributed by atoms with van der Waals surface area (Å²) in [5.41, 5.74) is -1.11. The zero-order chi connectivity index (χ0) is 16.9. The predicted octanol–water partition coefficient (Wildman–Crippen LogP) is 1.28. The van der Waals surface area contributed by atoms with E-state index in [2.05, 4.69) is 4.74 Å². The lowest BCUT2D eigenvalue weighted by Gasteiger charge is -2.29. The summed E-state index contributed by atoms with van der Waals surface area (Å²) >= 11 is 0. The van der Waals surface area contributed by atoms with Gasteiger partial charge < -0.3 is 4.74 Å². The number of ether oxygens (including phenoxy) is 1. The highest BCUT2D eigenvalue weighted by molar-refractivity contribution is 7.90. The third-order valence-corrected chi connectivity index (χ3v) is 4.42. The Hall–Kier alpha value is -0.390. The smallest absolute Gasteiger partial charge is 0.371 e. The number of hydrogen-bond donors (Lipinski definition) is 1. The second-order valence-corrected chi connectivity index (χ2v) is 9.17. The van der Waals surface area contributed by atoms with E-state index in [9.17, 15) is 30.0 Å². The van der Waals surface area contributed by atoms with Crippen LogP contribution in [-0.4, -0.2) is 58.5 Å². The fourth-order valence-electron chi connectivity index (χ4n) is 1.49. The number of halogens is 3. The molecule has 128 valence electrons. The number of hydrogen-bond acceptors (Lipinski definition) is 5. The van der Waals surface area contributed by atoms with Gasteiger partial charge in [-0.3, -0.25) is 4.55 Å². The van der Waals surface area contributed by atoms with Crippen molar-refractivity contribution in [1.82, 2.24) is 0 Å². The van der Waals surface area contributed by atoms with Crippen molar-refractivity contribution >= 4 is 20.0 Å². The minimum atomic E-state index is -4.53. The van der Waals surface area contributed by atoms with Gasteiger partial charge in [-0.15, -0.1) is 0 Å². The average molecular weight is 356 g/mol. The first-order valence-corrected chi connectivity index (χ1v) is 9.56. The van der Waals surface area contributed by atoms with Crippen LogP contribution in [-0.2, 0) is 24.7 Å². The van der Waals surface area contributed by atoms with E-state index in [4.69, 9.17) is 4.55 Å². The van der Waals surface area contributed by atoms with E-state index in [1.165, 1.54) is 6.92 Å². The Balaban J connectivity index is 4.73. The quantitative estimate of drug-likeness (QED) is 0.625. The van der Waals surface area contributed by atoms with Gasteiger partial charge >= 0.3 is 6.18 Å². The van der Waals surface area contributed by atoms with E-state index in [0.29, 0.717) is 0 Å². The molecule has 21 heavy (non-hydrogen) atoms. The fraction of sp³-hybridized carbons (Fsp3) is 1.00. The minimum absolute atomic E-state index is 0.0702. The molecule has 0 aliphatic heterocycles. The molecule has 0 saturated carbocycles. The Morgan fingerprint density at radius 1 is 1.00 bits per heavy atom. The van der Waals surface area contributed by atoms with Gasteiger partial charge in [0.2, 0.25) is 0 Å². The summed E-state index contributed by atoms with van der Waals surface area (Å²) in [4.78, 5) is 0. The van der Waals surface area contributed by atoms with E-state index in [-0.39, 0.29) is 18.6 Å². The monoisotopic (exact) mass is 356 g/mol. The minimum Gasteiger partial charge on any atom is -0.371 e. The van der Waals surface area contributed by atoms with Gasteiger partial charge in [0.1, 0.15) is 16.4 Å². The molecule has 0 fully saturated rings. The zero-order valence-corrected chi connectivity index (χ0v) is 13.3. The third kappa shape index (κ3) is 13.0. The van der Waals surface area contributed by atoms with Gasteiger partial charge in [0.25, 0.3) is 10.1 Å². The molecular weight excluding hydrogens is 337 g/mol. The highest BCUT2D eigenvalue weighted by Gasteiger charge is 2.32. The largest absolute Gasteiger partial charge is 0.411 e. The molecule has 0 aliphatic rings. The van der Waals surface area contributed by atoms with Crippen LogP contribution in [0.25, 0.3) is 0 Å². The number of sulfone groups is 1. The zero-order valence-electron chi connectivity index (χ0n) is 11.7. The third-order valence-electron chi connectivity index (χ3n) is 2.76. The number of rotatable bonds is 9. The van der Waals surface area contributed by atoms with Crippen LogP contribution in [0.15, 0.2) is 0 Å². The van der Waals surface area contributed by atoms with Crippen molar-refractivity contribution < 1.29 is 39.3 Å². The fourth-order valence-corrected chi connectivity index (χ4v) is 3.10. The lowest BCUT2D eigenvalue weighted by Crippen LogP contribution is -2.31. The van der Waals surface area contributed by atoms with Crippen molar-refractivity contribution in [2.45, 2.75) is 25.9 Å². The maximum Gasteiger partial charge on any atom is 0.411 e. The van der Waals surface area contributed by atoms with E-state index in [1.807, 2.05) is 0 Å². The second-order valence-electron chi connectivity index (χ2n) is 5.33. The van der Waals surface area contributed by atoms with E-state index < -0.39 is 50.5 Å². The van der Waals surface area contributed by atoms with Gasteiger partial charge in [-0.05, 0) is 18.3 Å². The van der Waals surface area contributed by atoms with Gasteiger partial charge in [-0.1, -0.05) is 6.92 Å². The molecule has 0 spiro atoms. The van der Waals surface area contributed by atoms with Crippen molar-refractivity contribution in [2.75, 3.05) is 31.0 Å². The van der Waals surface area contributed by atoms with Crippen LogP contribution in [0.5, 0.6) is 0 Å². The summed E-state index contributed by atoms with van der Waals surface area (Å²) in [6.07, 6.45) is -3.84. The summed E-state index contributed by atoms with van der Waals surface area (Å²) in [5.74, 6) is -0.993. The van der Waals surface area contributed by atoms with Crippen molar-refractivity contribution in [3.63, 3.8) is 0 Å². The standard InChI is InChI=1S/C10H19F3O6S2/c1-9(3-5-20(2,14)15,4-6-21(16,17)18)7-19-8-10(11,12)13/h3-8H2,1-2H3,(H,16,17,18). The number of alkyl halides is 3. The first kappa shape index (κ1) is 20.6. The lowest BCUT2D eigenvalue weighted by atomic mass is 9.85. The second kappa shape index (κ2) is 7.25. The summed E-state index contributed by atoms with van der Waals surface area (Å²) in [7, 11) is -7.65. The maximum absolute atomic E-state index is 12.0. The molecule has 0 saturated heterocycles. The molecule has 1 atom stereocenters. The molecule has 0 aliphatic carbocycles. The first-order chi connectivity index (χ1) is 9.12. The predicted molar refractivity (Wildman–Crippen MR) is 70.3 cm³/mol. The van der Waals surface area contributed by atoms with Crippen molar-refractivity contribution in [1.29, 1.82) is 0 Å². The molecule has 11 heteroatoms. The van der Waals surface area contributed by atoms with E-state index in [0.717, 1.165) is 6.26 Å². The molecule has 0 aromatic rings. The van der Waals surface area contributed by atoms with Crippen molar-refractivity contribution in [3.05, 3.63) is 0 Å². The Morgan fingerprint density at radius 2 is 1.48 bits per heavy atom. The average Bonchev–Trinajstić information content (AvgIpc) is 2.20. The van der Waals surface area contributed by atoms with Crippen LogP contribution in [0.1, 0.15) is 19.8 Å². The van der Waals surface area contributed by atoms with Crippen LogP contribution in [0.3, 0.4) is 0 Å². The Kier molecular flexibility index (Phi) is 7.11. The molecule has 0 amide bonds. The highest BCUT2D eigenvalue weighted by atomic mass is 32.2. The van der Waals surface area contributed by atoms with Gasteiger partial charge in [0.05, 0.1) is 18.1 Å². The van der Waals surface area contributed by atoms with Crippen LogP contribution < -0.4 is 0 Å². The first-order valence-electron chi connectivity index (χ1n) is 5.89. The van der Waals surface area contributed by atoms with Crippen LogP contribution >= 0.6 is 0 Å². The molecule has 0 bridgehead atoms. The Morgan fingerprint density at radius 3 is 1.86 bits per heavy atom. The molecule has 0 aromatic heterocycles. The Bertz CT molecular complexity index is 487. The molecule has 1 unspecified atom stereocenters. The van der Waals surface area contributed by atoms with E-state index in [1.54, 1.807) is 0 Å². The molecular formula is C10H19F3O6S2. The molecule has 0 rings (SSSR count). The van der Waals surface area contributed by atoms with Gasteiger partial charge in [-0.2, -0.15) is 21.6 Å². The maximum atomic E-state index is 12.0. The molecule has 6 nitrogen and oxygen atoms in total. The molecule has 1 N–H and O–H groups in total. The van der Waals surface area contributed by atoms with Crippen LogP contribution in [0.2, 0.25) is 0 Å². The summed E-state index contributed by atoms with van der Waals surface area (Å²) < 4.78 is 93.0. The topological polar surface area (TPSA) is 97.7 Å². The summed E-state index contributed by atoms with van der Waals surface area (Å²) in [6.45, 7) is -0.551. The van der Waals surface area contributed by atoms with Crippen LogP contribution in [0, 0.1) is 5.41 Å². The van der Waals surface area contributed by atoms with Crippen molar-refractivity contribution in [2.24, 2.45) is 5.41 Å². The highest BCUT2D eigenvalue weighted by Crippen LogP contribution is 2.29. The van der Waals surface area contributed by atoms with Gasteiger partial charge in [0, 0.05) is 6.26 Å². The molecule has 0 radical (unpaired) electrons. The summed E-state index contributed by atoms with van der Waals surface area (Å²) in [6, 6.07) is 0. The lowest BCUT2D eigenvalue weighted by molar-refractivity contribution is -0.180. The molecule has 0 heterocycles. The van der Waals surface area contributed by atoms with Crippen LogP contribution in [0.4, 0.5) is 13.2 Å². The van der Waals surface area contributed by atoms with Gasteiger partial charge in [0.15, 0.2) is 0 Å². The Labute approximate surface area is 122 Å². The molecule has 0 aromatic carbocycles. The van der Waals surface area contributed by atoms with Crippen molar-refractivity contribution in [3.8, 4) is 0 Å². The normalized spacial score (nSPS) is 16.7. The SMILES string of the molecule is CC(CCS(C)(=O)=O)(CCS(=O)(=O)O)COCC(F)(F)F. The van der Waals surface area contributed by atoms with E-state index >= 15 is 0 Å². The summed E-state index contributed by atoms with van der Waals surface area (Å²) in [5, 5.41) is 0.